The first-order chi connectivity index (χ1) is 9.36. The van der Waals surface area contributed by atoms with Crippen molar-refractivity contribution in [2.24, 2.45) is 0 Å². The number of hydrogen-bond acceptors (Lipinski definition) is 2. The summed E-state index contributed by atoms with van der Waals surface area (Å²) in [6, 6.07) is 10.4. The number of aryl methyl sites for hydroxylation is 1. The van der Waals surface area contributed by atoms with Crippen LogP contribution in [0.1, 0.15) is 44.6 Å². The minimum atomic E-state index is 0.678. The van der Waals surface area contributed by atoms with Crippen LogP contribution in [0.5, 0.6) is 0 Å². The standard InChI is InChI=1S/C17H26N2/c1-2-6-14-7-3-4-9-17(14)18-15-10-12-19-11-5-8-16(19)13-15/h3-4,7,9,15-16,18H,2,5-6,8,10-13H2,1H3. The first-order valence-corrected chi connectivity index (χ1v) is 7.95. The second-order valence-corrected chi connectivity index (χ2v) is 6.10. The van der Waals surface area contributed by atoms with E-state index in [1.807, 2.05) is 0 Å². The van der Waals surface area contributed by atoms with Crippen LogP contribution in [0.15, 0.2) is 24.3 Å². The zero-order chi connectivity index (χ0) is 13.1. The fourth-order valence-electron chi connectivity index (χ4n) is 3.72. The van der Waals surface area contributed by atoms with Gasteiger partial charge >= 0.3 is 0 Å². The maximum absolute atomic E-state index is 3.82. The van der Waals surface area contributed by atoms with Gasteiger partial charge < -0.3 is 10.2 Å². The van der Waals surface area contributed by atoms with Gasteiger partial charge in [-0.2, -0.15) is 0 Å². The number of nitrogens with zero attached hydrogens (tertiary/aromatic N) is 1. The molecule has 2 atom stereocenters. The average Bonchev–Trinajstić information content (AvgIpc) is 2.89. The normalized spacial score (nSPS) is 27.2. The number of anilines is 1. The maximum Gasteiger partial charge on any atom is 0.0374 e. The van der Waals surface area contributed by atoms with Gasteiger partial charge in [0.2, 0.25) is 0 Å². The Kier molecular flexibility index (Phi) is 4.07. The SMILES string of the molecule is CCCc1ccccc1NC1CCN2CCCC2C1. The Labute approximate surface area is 117 Å². The molecule has 3 rings (SSSR count). The van der Waals surface area contributed by atoms with Crippen molar-refractivity contribution in [2.45, 2.75) is 57.5 Å². The summed E-state index contributed by atoms with van der Waals surface area (Å²) in [7, 11) is 0. The second-order valence-electron chi connectivity index (χ2n) is 6.10. The van der Waals surface area contributed by atoms with Gasteiger partial charge in [0, 0.05) is 24.3 Å². The van der Waals surface area contributed by atoms with Crippen LogP contribution < -0.4 is 5.32 Å². The molecule has 2 aliphatic heterocycles. The van der Waals surface area contributed by atoms with E-state index >= 15 is 0 Å². The highest BCUT2D eigenvalue weighted by molar-refractivity contribution is 5.52. The number of para-hydroxylation sites is 1. The predicted molar refractivity (Wildman–Crippen MR) is 81.7 cm³/mol. The molecule has 0 spiro atoms. The van der Waals surface area contributed by atoms with Crippen molar-refractivity contribution in [3.63, 3.8) is 0 Å². The van der Waals surface area contributed by atoms with Crippen LogP contribution in [0.3, 0.4) is 0 Å². The molecule has 104 valence electrons. The molecule has 2 unspecified atom stereocenters. The van der Waals surface area contributed by atoms with Crippen molar-refractivity contribution in [3.8, 4) is 0 Å². The molecule has 2 fully saturated rings. The fraction of sp³-hybridized carbons (Fsp3) is 0.647. The van der Waals surface area contributed by atoms with E-state index in [0.717, 1.165) is 6.04 Å². The molecule has 0 radical (unpaired) electrons. The van der Waals surface area contributed by atoms with Crippen LogP contribution in [0.25, 0.3) is 0 Å². The highest BCUT2D eigenvalue weighted by atomic mass is 15.2. The lowest BCUT2D eigenvalue weighted by Gasteiger charge is -2.36. The topological polar surface area (TPSA) is 15.3 Å². The van der Waals surface area contributed by atoms with Crippen LogP contribution in [0.2, 0.25) is 0 Å². The minimum Gasteiger partial charge on any atom is -0.382 e. The lowest BCUT2D eigenvalue weighted by Crippen LogP contribution is -2.42. The van der Waals surface area contributed by atoms with Crippen LogP contribution in [-0.2, 0) is 6.42 Å². The molecule has 2 heteroatoms. The zero-order valence-corrected chi connectivity index (χ0v) is 12.1. The summed E-state index contributed by atoms with van der Waals surface area (Å²) in [6.07, 6.45) is 7.86. The molecular formula is C17H26N2. The van der Waals surface area contributed by atoms with Crippen LogP contribution in [0, 0.1) is 0 Å². The summed E-state index contributed by atoms with van der Waals surface area (Å²) in [5.74, 6) is 0. The van der Waals surface area contributed by atoms with Gasteiger partial charge in [0.1, 0.15) is 0 Å². The third kappa shape index (κ3) is 2.94. The minimum absolute atomic E-state index is 0.678. The molecule has 19 heavy (non-hydrogen) atoms. The van der Waals surface area contributed by atoms with E-state index in [2.05, 4.69) is 41.4 Å². The number of hydrogen-bond donors (Lipinski definition) is 1. The van der Waals surface area contributed by atoms with Crippen molar-refractivity contribution in [2.75, 3.05) is 18.4 Å². The molecule has 0 bridgehead atoms. The van der Waals surface area contributed by atoms with Crippen molar-refractivity contribution in [1.82, 2.24) is 4.90 Å². The maximum atomic E-state index is 3.82. The Hall–Kier alpha value is -1.02. The molecular weight excluding hydrogens is 232 g/mol. The fourth-order valence-corrected chi connectivity index (χ4v) is 3.72. The van der Waals surface area contributed by atoms with Crippen molar-refractivity contribution in [3.05, 3.63) is 29.8 Å². The Balaban J connectivity index is 1.65. The molecule has 1 N–H and O–H groups in total. The molecule has 2 aliphatic rings. The van der Waals surface area contributed by atoms with Gasteiger partial charge in [-0.1, -0.05) is 31.5 Å². The number of benzene rings is 1. The number of piperidine rings is 1. The Morgan fingerprint density at radius 2 is 2.11 bits per heavy atom. The van der Waals surface area contributed by atoms with Crippen LogP contribution in [0.4, 0.5) is 5.69 Å². The molecule has 1 aromatic carbocycles. The molecule has 2 heterocycles. The second kappa shape index (κ2) is 5.96. The van der Waals surface area contributed by atoms with Crippen molar-refractivity contribution >= 4 is 5.69 Å². The van der Waals surface area contributed by atoms with Gasteiger partial charge in [-0.15, -0.1) is 0 Å². The molecule has 0 aliphatic carbocycles. The van der Waals surface area contributed by atoms with Gasteiger partial charge in [-0.3, -0.25) is 0 Å². The lowest BCUT2D eigenvalue weighted by atomic mass is 9.96. The van der Waals surface area contributed by atoms with Gasteiger partial charge in [0.05, 0.1) is 0 Å². The smallest absolute Gasteiger partial charge is 0.0374 e. The summed E-state index contributed by atoms with van der Waals surface area (Å²) in [5, 5.41) is 3.82. The van der Waals surface area contributed by atoms with Crippen LogP contribution >= 0.6 is 0 Å². The summed E-state index contributed by atoms with van der Waals surface area (Å²) in [6.45, 7) is 4.88. The Bertz CT molecular complexity index is 415. The number of fused-ring (bicyclic) bond motifs is 1. The predicted octanol–water partition coefficient (Wildman–Crippen LogP) is 3.68. The average molecular weight is 258 g/mol. The van der Waals surface area contributed by atoms with Gasteiger partial charge in [0.15, 0.2) is 0 Å². The summed E-state index contributed by atoms with van der Waals surface area (Å²) >= 11 is 0. The van der Waals surface area contributed by atoms with E-state index < -0.39 is 0 Å². The third-order valence-corrected chi connectivity index (χ3v) is 4.72. The Morgan fingerprint density at radius 1 is 1.21 bits per heavy atom. The summed E-state index contributed by atoms with van der Waals surface area (Å²) < 4.78 is 0. The summed E-state index contributed by atoms with van der Waals surface area (Å²) in [4.78, 5) is 2.69. The number of rotatable bonds is 4. The lowest BCUT2D eigenvalue weighted by molar-refractivity contribution is 0.188. The zero-order valence-electron chi connectivity index (χ0n) is 12.1. The number of nitrogens with one attached hydrogen (secondary N) is 1. The van der Waals surface area contributed by atoms with Crippen molar-refractivity contribution in [1.29, 1.82) is 0 Å². The van der Waals surface area contributed by atoms with Crippen molar-refractivity contribution < 1.29 is 0 Å². The first-order valence-electron chi connectivity index (χ1n) is 7.95. The Morgan fingerprint density at radius 3 is 3.00 bits per heavy atom. The molecule has 2 nitrogen and oxygen atoms in total. The van der Waals surface area contributed by atoms with E-state index in [1.165, 1.54) is 62.9 Å². The molecule has 0 amide bonds. The highest BCUT2D eigenvalue weighted by Gasteiger charge is 2.31. The monoisotopic (exact) mass is 258 g/mol. The molecule has 1 aromatic rings. The molecule has 2 saturated heterocycles. The van der Waals surface area contributed by atoms with E-state index in [9.17, 15) is 0 Å². The molecule has 0 aromatic heterocycles. The van der Waals surface area contributed by atoms with E-state index in [-0.39, 0.29) is 0 Å². The van der Waals surface area contributed by atoms with Gasteiger partial charge in [-0.05, 0) is 50.3 Å². The van der Waals surface area contributed by atoms with Gasteiger partial charge in [-0.25, -0.2) is 0 Å². The van der Waals surface area contributed by atoms with E-state index in [1.54, 1.807) is 0 Å². The van der Waals surface area contributed by atoms with Crippen LogP contribution in [-0.4, -0.2) is 30.1 Å². The first kappa shape index (κ1) is 13.0. The third-order valence-electron chi connectivity index (χ3n) is 4.72. The summed E-state index contributed by atoms with van der Waals surface area (Å²) in [5.41, 5.74) is 2.86. The van der Waals surface area contributed by atoms with E-state index in [0.29, 0.717) is 6.04 Å². The highest BCUT2D eigenvalue weighted by Crippen LogP contribution is 2.29. The molecule has 0 saturated carbocycles. The van der Waals surface area contributed by atoms with Gasteiger partial charge in [0.25, 0.3) is 0 Å². The quantitative estimate of drug-likeness (QED) is 0.886. The largest absolute Gasteiger partial charge is 0.382 e. The van der Waals surface area contributed by atoms with E-state index in [4.69, 9.17) is 0 Å².